The Bertz CT molecular complexity index is 541. The minimum Gasteiger partial charge on any atom is -0.314 e. The van der Waals surface area contributed by atoms with Crippen LogP contribution >= 0.6 is 11.8 Å². The SMILES string of the molecule is CNCc1n[nH]c(C)c1S(=O)(=O)N1CCSCC1C. The summed E-state index contributed by atoms with van der Waals surface area (Å²) in [5.74, 6) is 1.69. The van der Waals surface area contributed by atoms with Crippen LogP contribution in [0.1, 0.15) is 18.3 Å². The van der Waals surface area contributed by atoms with Gasteiger partial charge in [-0.15, -0.1) is 0 Å². The molecule has 1 aromatic heterocycles. The molecule has 1 saturated heterocycles. The lowest BCUT2D eigenvalue weighted by Crippen LogP contribution is -2.44. The van der Waals surface area contributed by atoms with Crippen molar-refractivity contribution < 1.29 is 8.42 Å². The fourth-order valence-electron chi connectivity index (χ4n) is 2.29. The van der Waals surface area contributed by atoms with E-state index in [-0.39, 0.29) is 6.04 Å². The zero-order valence-electron chi connectivity index (χ0n) is 11.4. The third kappa shape index (κ3) is 2.81. The van der Waals surface area contributed by atoms with Crippen molar-refractivity contribution in [2.75, 3.05) is 25.1 Å². The molecule has 1 unspecified atom stereocenters. The van der Waals surface area contributed by atoms with Crippen LogP contribution in [0.4, 0.5) is 0 Å². The average molecular weight is 304 g/mol. The monoisotopic (exact) mass is 304 g/mol. The van der Waals surface area contributed by atoms with Crippen LogP contribution in [0.2, 0.25) is 0 Å². The standard InChI is InChI=1S/C11H20N4O2S2/c1-8-7-18-5-4-15(8)19(16,17)11-9(2)13-14-10(11)6-12-3/h8,12H,4-7H2,1-3H3,(H,13,14). The quantitative estimate of drug-likeness (QED) is 0.850. The molecule has 1 aliphatic heterocycles. The maximum absolute atomic E-state index is 12.8. The molecule has 2 heterocycles. The summed E-state index contributed by atoms with van der Waals surface area (Å²) >= 11 is 1.80. The normalized spacial score (nSPS) is 21.7. The van der Waals surface area contributed by atoms with Crippen molar-refractivity contribution in [1.82, 2.24) is 19.8 Å². The zero-order valence-corrected chi connectivity index (χ0v) is 13.1. The maximum Gasteiger partial charge on any atom is 0.247 e. The van der Waals surface area contributed by atoms with E-state index in [4.69, 9.17) is 0 Å². The van der Waals surface area contributed by atoms with Gasteiger partial charge in [0.1, 0.15) is 4.90 Å². The van der Waals surface area contributed by atoms with Gasteiger partial charge in [-0.1, -0.05) is 0 Å². The van der Waals surface area contributed by atoms with Crippen LogP contribution in [-0.4, -0.2) is 54.1 Å². The summed E-state index contributed by atoms with van der Waals surface area (Å²) in [5.41, 5.74) is 1.17. The van der Waals surface area contributed by atoms with E-state index in [1.54, 1.807) is 30.0 Å². The lowest BCUT2D eigenvalue weighted by Gasteiger charge is -2.32. The highest BCUT2D eigenvalue weighted by Gasteiger charge is 2.35. The number of aryl methyl sites for hydroxylation is 1. The van der Waals surface area contributed by atoms with Crippen LogP contribution in [0.25, 0.3) is 0 Å². The molecular formula is C11H20N4O2S2. The first kappa shape index (κ1) is 14.8. The number of H-pyrrole nitrogens is 1. The first-order valence-corrected chi connectivity index (χ1v) is 8.86. The van der Waals surface area contributed by atoms with Gasteiger partial charge in [0.2, 0.25) is 10.0 Å². The van der Waals surface area contributed by atoms with Gasteiger partial charge in [0.15, 0.2) is 0 Å². The van der Waals surface area contributed by atoms with Crippen LogP contribution in [0.3, 0.4) is 0 Å². The van der Waals surface area contributed by atoms with Gasteiger partial charge >= 0.3 is 0 Å². The molecule has 0 saturated carbocycles. The molecule has 108 valence electrons. The molecule has 0 spiro atoms. The van der Waals surface area contributed by atoms with E-state index in [0.717, 1.165) is 11.5 Å². The Morgan fingerprint density at radius 1 is 1.58 bits per heavy atom. The van der Waals surface area contributed by atoms with Crippen molar-refractivity contribution in [3.63, 3.8) is 0 Å². The number of hydrogen-bond acceptors (Lipinski definition) is 5. The van der Waals surface area contributed by atoms with Crippen LogP contribution in [0.15, 0.2) is 4.90 Å². The second-order valence-corrected chi connectivity index (χ2v) is 7.67. The fourth-order valence-corrected chi connectivity index (χ4v) is 5.47. The van der Waals surface area contributed by atoms with E-state index in [9.17, 15) is 8.42 Å². The summed E-state index contributed by atoms with van der Waals surface area (Å²) in [6.45, 7) is 4.72. The fraction of sp³-hybridized carbons (Fsp3) is 0.727. The molecule has 6 nitrogen and oxygen atoms in total. The van der Waals surface area contributed by atoms with Crippen LogP contribution < -0.4 is 5.32 Å². The Morgan fingerprint density at radius 3 is 2.95 bits per heavy atom. The van der Waals surface area contributed by atoms with Gasteiger partial charge in [0.25, 0.3) is 0 Å². The molecule has 2 rings (SSSR count). The van der Waals surface area contributed by atoms with E-state index in [2.05, 4.69) is 15.5 Å². The number of aromatic nitrogens is 2. The van der Waals surface area contributed by atoms with Crippen molar-refractivity contribution in [3.05, 3.63) is 11.4 Å². The predicted octanol–water partition coefficient (Wildman–Crippen LogP) is 0.564. The zero-order chi connectivity index (χ0) is 14.0. The largest absolute Gasteiger partial charge is 0.314 e. The van der Waals surface area contributed by atoms with Crippen LogP contribution in [-0.2, 0) is 16.6 Å². The second kappa shape index (κ2) is 5.82. The molecule has 0 amide bonds. The van der Waals surface area contributed by atoms with Gasteiger partial charge in [-0.3, -0.25) is 5.10 Å². The highest BCUT2D eigenvalue weighted by Crippen LogP contribution is 2.27. The maximum atomic E-state index is 12.8. The van der Waals surface area contributed by atoms with Crippen molar-refractivity contribution >= 4 is 21.8 Å². The summed E-state index contributed by atoms with van der Waals surface area (Å²) < 4.78 is 27.2. The Morgan fingerprint density at radius 2 is 2.32 bits per heavy atom. The number of nitrogens with zero attached hydrogens (tertiary/aromatic N) is 2. The minimum absolute atomic E-state index is 0.0282. The molecule has 2 N–H and O–H groups in total. The Labute approximate surface area is 118 Å². The number of sulfonamides is 1. The molecule has 0 aliphatic carbocycles. The first-order valence-electron chi connectivity index (χ1n) is 6.26. The highest BCUT2D eigenvalue weighted by molar-refractivity contribution is 7.99. The first-order chi connectivity index (χ1) is 8.98. The van der Waals surface area contributed by atoms with Crippen molar-refractivity contribution in [2.45, 2.75) is 31.3 Å². The van der Waals surface area contributed by atoms with Gasteiger partial charge in [-0.05, 0) is 20.9 Å². The van der Waals surface area contributed by atoms with Crippen LogP contribution in [0, 0.1) is 6.92 Å². The summed E-state index contributed by atoms with van der Waals surface area (Å²) in [7, 11) is -1.69. The number of hydrogen-bond donors (Lipinski definition) is 2. The molecule has 0 bridgehead atoms. The van der Waals surface area contributed by atoms with Gasteiger partial charge in [-0.25, -0.2) is 8.42 Å². The molecule has 1 aliphatic rings. The van der Waals surface area contributed by atoms with E-state index in [0.29, 0.717) is 29.4 Å². The molecular weight excluding hydrogens is 284 g/mol. The van der Waals surface area contributed by atoms with Crippen molar-refractivity contribution in [3.8, 4) is 0 Å². The average Bonchev–Trinajstić information content (AvgIpc) is 2.72. The summed E-state index contributed by atoms with van der Waals surface area (Å²) in [4.78, 5) is 0.334. The minimum atomic E-state index is -3.47. The number of aromatic amines is 1. The van der Waals surface area contributed by atoms with Gasteiger partial charge in [0, 0.05) is 30.6 Å². The summed E-state index contributed by atoms with van der Waals surface area (Å²) in [6.07, 6.45) is 0. The van der Waals surface area contributed by atoms with E-state index >= 15 is 0 Å². The van der Waals surface area contributed by atoms with Crippen molar-refractivity contribution in [1.29, 1.82) is 0 Å². The summed E-state index contributed by atoms with van der Waals surface area (Å²) in [6, 6.07) is 0.0282. The highest BCUT2D eigenvalue weighted by atomic mass is 32.2. The smallest absolute Gasteiger partial charge is 0.247 e. The second-order valence-electron chi connectivity index (χ2n) is 4.69. The molecule has 0 aromatic carbocycles. The molecule has 1 aromatic rings. The van der Waals surface area contributed by atoms with E-state index in [1.807, 2.05) is 6.92 Å². The lowest BCUT2D eigenvalue weighted by molar-refractivity contribution is 0.367. The summed E-state index contributed by atoms with van der Waals surface area (Å²) in [5, 5.41) is 9.83. The third-order valence-electron chi connectivity index (χ3n) is 3.18. The van der Waals surface area contributed by atoms with E-state index < -0.39 is 10.0 Å². The number of rotatable bonds is 4. The van der Waals surface area contributed by atoms with Gasteiger partial charge in [0.05, 0.1) is 11.4 Å². The third-order valence-corrected chi connectivity index (χ3v) is 6.59. The molecule has 8 heteroatoms. The predicted molar refractivity (Wildman–Crippen MR) is 76.8 cm³/mol. The Kier molecular flexibility index (Phi) is 4.54. The molecule has 19 heavy (non-hydrogen) atoms. The molecule has 1 fully saturated rings. The molecule has 1 atom stereocenters. The van der Waals surface area contributed by atoms with Gasteiger partial charge in [-0.2, -0.15) is 21.2 Å². The number of nitrogens with one attached hydrogen (secondary N) is 2. The van der Waals surface area contributed by atoms with Crippen LogP contribution in [0.5, 0.6) is 0 Å². The lowest BCUT2D eigenvalue weighted by atomic mass is 10.4. The van der Waals surface area contributed by atoms with Crippen molar-refractivity contribution in [2.24, 2.45) is 0 Å². The Balaban J connectivity index is 2.41. The molecule has 0 radical (unpaired) electrons. The Hall–Kier alpha value is -0.570. The topological polar surface area (TPSA) is 78.1 Å². The van der Waals surface area contributed by atoms with E-state index in [1.165, 1.54) is 0 Å². The number of thioether (sulfide) groups is 1. The van der Waals surface area contributed by atoms with Gasteiger partial charge < -0.3 is 5.32 Å².